The topological polar surface area (TPSA) is 82.9 Å². The molecule has 0 bridgehead atoms. The third-order valence-electron chi connectivity index (χ3n) is 4.52. The van der Waals surface area contributed by atoms with Crippen molar-refractivity contribution in [2.24, 2.45) is 0 Å². The number of halogens is 2. The number of rotatable bonds is 5. The maximum absolute atomic E-state index is 13.7. The molecular weight excluding hydrogens is 399 g/mol. The Hall–Kier alpha value is -3.26. The van der Waals surface area contributed by atoms with E-state index in [0.29, 0.717) is 29.4 Å². The van der Waals surface area contributed by atoms with E-state index in [1.807, 2.05) is 6.92 Å². The summed E-state index contributed by atoms with van der Waals surface area (Å²) in [4.78, 5) is 29.8. The molecule has 29 heavy (non-hydrogen) atoms. The molecule has 2 aromatic carbocycles. The molecule has 148 valence electrons. The largest absolute Gasteiger partial charge is 0.337 e. The maximum Gasteiger partial charge on any atom is 0.331 e. The van der Waals surface area contributed by atoms with Crippen LogP contribution in [-0.4, -0.2) is 19.3 Å². The van der Waals surface area contributed by atoms with Gasteiger partial charge in [-0.25, -0.2) is 9.18 Å². The van der Waals surface area contributed by atoms with Gasteiger partial charge in [0.05, 0.1) is 15.9 Å². The van der Waals surface area contributed by atoms with Crippen LogP contribution in [0, 0.1) is 5.82 Å². The van der Waals surface area contributed by atoms with Crippen molar-refractivity contribution in [1.82, 2.24) is 19.3 Å². The van der Waals surface area contributed by atoms with Gasteiger partial charge in [0.1, 0.15) is 12.4 Å². The van der Waals surface area contributed by atoms with Crippen LogP contribution in [-0.2, 0) is 13.1 Å². The Kier molecular flexibility index (Phi) is 5.02. The summed E-state index contributed by atoms with van der Waals surface area (Å²) in [7, 11) is 0. The first-order valence-electron chi connectivity index (χ1n) is 9.00. The summed E-state index contributed by atoms with van der Waals surface area (Å²) in [5.41, 5.74) is 0.0987. The first-order chi connectivity index (χ1) is 14.0. The van der Waals surface area contributed by atoms with Crippen LogP contribution in [0.3, 0.4) is 0 Å². The summed E-state index contributed by atoms with van der Waals surface area (Å²) < 4.78 is 21.6. The zero-order valence-electron chi connectivity index (χ0n) is 15.4. The highest BCUT2D eigenvalue weighted by molar-refractivity contribution is 6.30. The average molecular weight is 415 g/mol. The highest BCUT2D eigenvalue weighted by Crippen LogP contribution is 2.22. The van der Waals surface area contributed by atoms with Gasteiger partial charge in [0.2, 0.25) is 11.7 Å². The molecule has 0 fully saturated rings. The molecule has 0 N–H and O–H groups in total. The molecule has 0 aliphatic carbocycles. The molecule has 0 saturated carbocycles. The predicted octanol–water partition coefficient (Wildman–Crippen LogP) is 3.46. The number of para-hydroxylation sites is 1. The lowest BCUT2D eigenvalue weighted by Crippen LogP contribution is -2.40. The van der Waals surface area contributed by atoms with Crippen LogP contribution in [0.1, 0.15) is 19.2 Å². The van der Waals surface area contributed by atoms with Gasteiger partial charge in [-0.1, -0.05) is 35.8 Å². The summed E-state index contributed by atoms with van der Waals surface area (Å²) in [6.07, 6.45) is 0.639. The molecule has 4 aromatic rings. The Morgan fingerprint density at radius 2 is 1.93 bits per heavy atom. The van der Waals surface area contributed by atoms with Gasteiger partial charge in [0.15, 0.2) is 0 Å². The molecule has 9 heteroatoms. The van der Waals surface area contributed by atoms with E-state index in [2.05, 4.69) is 10.1 Å². The normalized spacial score (nSPS) is 11.3. The minimum Gasteiger partial charge on any atom is -0.337 e. The van der Waals surface area contributed by atoms with Gasteiger partial charge < -0.3 is 4.52 Å². The first kappa shape index (κ1) is 19.1. The molecule has 2 aromatic heterocycles. The van der Waals surface area contributed by atoms with Crippen molar-refractivity contribution >= 4 is 22.5 Å². The summed E-state index contributed by atoms with van der Waals surface area (Å²) >= 11 is 5.70. The van der Waals surface area contributed by atoms with Crippen molar-refractivity contribution in [2.45, 2.75) is 26.4 Å². The monoisotopic (exact) mass is 414 g/mol. The molecule has 0 unspecified atom stereocenters. The zero-order chi connectivity index (χ0) is 20.5. The van der Waals surface area contributed by atoms with E-state index in [0.717, 1.165) is 0 Å². The van der Waals surface area contributed by atoms with E-state index >= 15 is 0 Å². The minimum atomic E-state index is -0.593. The van der Waals surface area contributed by atoms with Gasteiger partial charge in [0, 0.05) is 12.1 Å². The molecule has 4 rings (SSSR count). The van der Waals surface area contributed by atoms with E-state index in [-0.39, 0.29) is 28.8 Å². The fourth-order valence-corrected chi connectivity index (χ4v) is 3.27. The lowest BCUT2D eigenvalue weighted by atomic mass is 10.2. The first-order valence-corrected chi connectivity index (χ1v) is 9.37. The predicted molar refractivity (Wildman–Crippen MR) is 107 cm³/mol. The highest BCUT2D eigenvalue weighted by atomic mass is 35.5. The molecular formula is C20H16ClFN4O3. The van der Waals surface area contributed by atoms with Gasteiger partial charge in [-0.3, -0.25) is 13.9 Å². The second-order valence-electron chi connectivity index (χ2n) is 6.48. The van der Waals surface area contributed by atoms with Crippen molar-refractivity contribution < 1.29 is 8.91 Å². The molecule has 2 heterocycles. The van der Waals surface area contributed by atoms with Gasteiger partial charge in [0.25, 0.3) is 5.56 Å². The van der Waals surface area contributed by atoms with Crippen LogP contribution in [0.25, 0.3) is 22.3 Å². The van der Waals surface area contributed by atoms with Crippen molar-refractivity contribution in [3.8, 4) is 11.4 Å². The summed E-state index contributed by atoms with van der Waals surface area (Å²) in [5.74, 6) is -0.261. The van der Waals surface area contributed by atoms with Crippen LogP contribution < -0.4 is 11.2 Å². The van der Waals surface area contributed by atoms with Crippen LogP contribution >= 0.6 is 11.6 Å². The molecule has 0 spiro atoms. The van der Waals surface area contributed by atoms with Gasteiger partial charge in [-0.05, 0) is 36.8 Å². The second kappa shape index (κ2) is 7.63. The second-order valence-corrected chi connectivity index (χ2v) is 6.89. The lowest BCUT2D eigenvalue weighted by Gasteiger charge is -2.12. The Bertz CT molecular complexity index is 1330. The lowest BCUT2D eigenvalue weighted by molar-refractivity contribution is 0.369. The highest BCUT2D eigenvalue weighted by Gasteiger charge is 2.16. The molecule has 0 amide bonds. The van der Waals surface area contributed by atoms with Gasteiger partial charge in [-0.15, -0.1) is 0 Å². The number of fused-ring (bicyclic) bond motifs is 1. The number of hydrogen-bond donors (Lipinski definition) is 0. The SMILES string of the molecule is CCCn1c(=O)c2ccccc2n(Cc2nc(-c3ccc(Cl)c(F)c3)no2)c1=O. The Balaban J connectivity index is 1.79. The van der Waals surface area contributed by atoms with Crippen LogP contribution in [0.2, 0.25) is 5.02 Å². The fraction of sp³-hybridized carbons (Fsp3) is 0.200. The minimum absolute atomic E-state index is 0.00586. The van der Waals surface area contributed by atoms with Crippen molar-refractivity contribution in [1.29, 1.82) is 0 Å². The van der Waals surface area contributed by atoms with Crippen LogP contribution in [0.15, 0.2) is 56.6 Å². The smallest absolute Gasteiger partial charge is 0.331 e. The Labute approximate surface area is 169 Å². The number of benzene rings is 2. The maximum atomic E-state index is 13.7. The molecule has 0 saturated heterocycles. The van der Waals surface area contributed by atoms with Crippen molar-refractivity contribution in [3.63, 3.8) is 0 Å². The number of nitrogens with zero attached hydrogens (tertiary/aromatic N) is 4. The molecule has 0 aliphatic rings. The standard InChI is InChI=1S/C20H16ClFN4O3/c1-2-9-25-19(27)13-5-3-4-6-16(13)26(20(25)28)11-17-23-18(24-29-17)12-7-8-14(21)15(22)10-12/h3-8,10H,2,9,11H2,1H3. The van der Waals surface area contributed by atoms with E-state index < -0.39 is 11.5 Å². The summed E-state index contributed by atoms with van der Waals surface area (Å²) in [6.45, 7) is 2.18. The number of hydrogen-bond acceptors (Lipinski definition) is 5. The van der Waals surface area contributed by atoms with E-state index in [9.17, 15) is 14.0 Å². The van der Waals surface area contributed by atoms with Crippen LogP contribution in [0.4, 0.5) is 4.39 Å². The Morgan fingerprint density at radius 1 is 1.14 bits per heavy atom. The third-order valence-corrected chi connectivity index (χ3v) is 4.83. The molecule has 7 nitrogen and oxygen atoms in total. The summed E-state index contributed by atoms with van der Waals surface area (Å²) in [5, 5.41) is 4.28. The van der Waals surface area contributed by atoms with Gasteiger partial charge in [-0.2, -0.15) is 4.98 Å². The Morgan fingerprint density at radius 3 is 2.69 bits per heavy atom. The third kappa shape index (κ3) is 3.47. The fourth-order valence-electron chi connectivity index (χ4n) is 3.15. The molecule has 0 radical (unpaired) electrons. The zero-order valence-corrected chi connectivity index (χ0v) is 16.2. The van der Waals surface area contributed by atoms with Crippen LogP contribution in [0.5, 0.6) is 0 Å². The summed E-state index contributed by atoms with van der Waals surface area (Å²) in [6, 6.07) is 11.0. The van der Waals surface area contributed by atoms with E-state index in [4.69, 9.17) is 16.1 Å². The molecule has 0 atom stereocenters. The quantitative estimate of drug-likeness (QED) is 0.499. The number of aromatic nitrogens is 4. The van der Waals surface area contributed by atoms with Gasteiger partial charge >= 0.3 is 5.69 Å². The van der Waals surface area contributed by atoms with Crippen molar-refractivity contribution in [3.05, 3.63) is 80.0 Å². The van der Waals surface area contributed by atoms with E-state index in [1.54, 1.807) is 30.3 Å². The molecule has 0 aliphatic heterocycles. The van der Waals surface area contributed by atoms with Crippen molar-refractivity contribution in [2.75, 3.05) is 0 Å². The average Bonchev–Trinajstić information content (AvgIpc) is 3.19. The van der Waals surface area contributed by atoms with E-state index in [1.165, 1.54) is 21.3 Å².